The third-order valence-electron chi connectivity index (χ3n) is 4.72. The molecule has 1 aliphatic heterocycles. The summed E-state index contributed by atoms with van der Waals surface area (Å²) in [6, 6.07) is 11.6. The zero-order valence-corrected chi connectivity index (χ0v) is 15.4. The van der Waals surface area contributed by atoms with Crippen molar-refractivity contribution in [3.63, 3.8) is 0 Å². The van der Waals surface area contributed by atoms with Crippen LogP contribution in [0.2, 0.25) is 0 Å². The molecule has 0 spiro atoms. The minimum Gasteiger partial charge on any atom is -0.353 e. The molecule has 3 aromatic rings. The largest absolute Gasteiger partial charge is 0.353 e. The van der Waals surface area contributed by atoms with Gasteiger partial charge in [-0.2, -0.15) is 4.98 Å². The van der Waals surface area contributed by atoms with Crippen molar-refractivity contribution in [1.82, 2.24) is 20.0 Å². The Morgan fingerprint density at radius 2 is 1.74 bits per heavy atom. The first-order chi connectivity index (χ1) is 13.1. The van der Waals surface area contributed by atoms with Gasteiger partial charge >= 0.3 is 0 Å². The molecule has 2 aromatic heterocycles. The molecule has 0 N–H and O–H groups in total. The Balaban J connectivity index is 1.39. The lowest BCUT2D eigenvalue weighted by molar-refractivity contribution is 0.0746. The fourth-order valence-electron chi connectivity index (χ4n) is 3.14. The highest BCUT2D eigenvalue weighted by molar-refractivity contribution is 5.94. The summed E-state index contributed by atoms with van der Waals surface area (Å²) >= 11 is 0. The van der Waals surface area contributed by atoms with Crippen molar-refractivity contribution < 1.29 is 9.32 Å². The van der Waals surface area contributed by atoms with Crippen molar-refractivity contribution in [1.29, 1.82) is 0 Å². The number of aromatic nitrogens is 3. The van der Waals surface area contributed by atoms with Crippen LogP contribution in [0.4, 0.5) is 5.82 Å². The quantitative estimate of drug-likeness (QED) is 0.712. The number of piperazine rings is 1. The molecule has 1 aromatic carbocycles. The monoisotopic (exact) mass is 363 g/mol. The molecule has 3 heterocycles. The molecule has 0 atom stereocenters. The molecule has 0 aliphatic carbocycles. The number of aryl methyl sites for hydroxylation is 2. The van der Waals surface area contributed by atoms with Crippen molar-refractivity contribution in [2.24, 2.45) is 0 Å². The van der Waals surface area contributed by atoms with E-state index in [1.54, 1.807) is 13.1 Å². The topological polar surface area (TPSA) is 75.4 Å². The summed E-state index contributed by atoms with van der Waals surface area (Å²) < 4.78 is 5.01. The molecule has 1 amide bonds. The normalized spacial score (nSPS) is 14.4. The van der Waals surface area contributed by atoms with Crippen molar-refractivity contribution >= 4 is 11.7 Å². The van der Waals surface area contributed by atoms with Crippen molar-refractivity contribution in [3.8, 4) is 11.4 Å². The Labute approximate surface area is 157 Å². The van der Waals surface area contributed by atoms with E-state index >= 15 is 0 Å². The maximum atomic E-state index is 12.6. The van der Waals surface area contributed by atoms with E-state index in [-0.39, 0.29) is 5.91 Å². The first kappa shape index (κ1) is 17.2. The number of hydrogen-bond acceptors (Lipinski definition) is 6. The van der Waals surface area contributed by atoms with Gasteiger partial charge in [0.2, 0.25) is 11.7 Å². The summed E-state index contributed by atoms with van der Waals surface area (Å²) in [7, 11) is 0. The molecule has 1 aliphatic rings. The number of carbonyl (C=O) groups excluding carboxylic acids is 1. The number of anilines is 1. The Hall–Kier alpha value is -3.22. The lowest BCUT2D eigenvalue weighted by Crippen LogP contribution is -2.49. The van der Waals surface area contributed by atoms with E-state index in [1.165, 1.54) is 0 Å². The standard InChI is InChI=1S/C20H21N5O2/c1-14-3-5-16(6-4-14)20(26)25-11-9-24(10-12-25)18-8-7-17(13-21-18)19-22-15(2)27-23-19/h3-8,13H,9-12H2,1-2H3. The molecular weight excluding hydrogens is 342 g/mol. The Morgan fingerprint density at radius 1 is 1.00 bits per heavy atom. The van der Waals surface area contributed by atoms with Crippen LogP contribution in [0, 0.1) is 13.8 Å². The molecule has 1 saturated heterocycles. The van der Waals surface area contributed by atoms with Gasteiger partial charge in [0.05, 0.1) is 0 Å². The Morgan fingerprint density at radius 3 is 2.33 bits per heavy atom. The number of amides is 1. The summed E-state index contributed by atoms with van der Waals surface area (Å²) in [6.07, 6.45) is 1.75. The Bertz CT molecular complexity index is 926. The molecule has 138 valence electrons. The van der Waals surface area contributed by atoms with Crippen LogP contribution in [0.5, 0.6) is 0 Å². The first-order valence-corrected chi connectivity index (χ1v) is 8.98. The van der Waals surface area contributed by atoms with Gasteiger partial charge in [0, 0.05) is 50.4 Å². The van der Waals surface area contributed by atoms with Crippen LogP contribution in [0.15, 0.2) is 47.1 Å². The van der Waals surface area contributed by atoms with Crippen LogP contribution in [0.3, 0.4) is 0 Å². The van der Waals surface area contributed by atoms with Gasteiger partial charge < -0.3 is 14.3 Å². The number of carbonyl (C=O) groups is 1. The zero-order valence-electron chi connectivity index (χ0n) is 15.4. The van der Waals surface area contributed by atoms with Crippen molar-refractivity contribution in [3.05, 3.63) is 59.6 Å². The van der Waals surface area contributed by atoms with Gasteiger partial charge in [0.25, 0.3) is 5.91 Å². The third-order valence-corrected chi connectivity index (χ3v) is 4.72. The van der Waals surface area contributed by atoms with Gasteiger partial charge in [-0.05, 0) is 31.2 Å². The predicted octanol–water partition coefficient (Wildman–Crippen LogP) is 2.71. The van der Waals surface area contributed by atoms with Gasteiger partial charge in [-0.25, -0.2) is 4.98 Å². The second-order valence-electron chi connectivity index (χ2n) is 6.69. The van der Waals surface area contributed by atoms with Crippen LogP contribution in [0.1, 0.15) is 21.8 Å². The van der Waals surface area contributed by atoms with Gasteiger partial charge in [-0.15, -0.1) is 0 Å². The molecule has 4 rings (SSSR count). The van der Waals surface area contributed by atoms with E-state index in [2.05, 4.69) is 20.0 Å². The van der Waals surface area contributed by atoms with E-state index in [1.807, 2.05) is 48.2 Å². The highest BCUT2D eigenvalue weighted by Crippen LogP contribution is 2.20. The van der Waals surface area contributed by atoms with Gasteiger partial charge in [-0.1, -0.05) is 22.9 Å². The average Bonchev–Trinajstić information content (AvgIpc) is 3.15. The number of benzene rings is 1. The molecule has 0 radical (unpaired) electrons. The van der Waals surface area contributed by atoms with E-state index < -0.39 is 0 Å². The van der Waals surface area contributed by atoms with Crippen LogP contribution in [0.25, 0.3) is 11.4 Å². The van der Waals surface area contributed by atoms with E-state index in [0.717, 1.165) is 35.6 Å². The minimum absolute atomic E-state index is 0.0884. The second kappa shape index (κ2) is 7.19. The number of rotatable bonds is 3. The molecule has 0 bridgehead atoms. The third kappa shape index (κ3) is 3.67. The summed E-state index contributed by atoms with van der Waals surface area (Å²) in [5, 5.41) is 3.91. The second-order valence-corrected chi connectivity index (χ2v) is 6.69. The number of pyridine rings is 1. The maximum absolute atomic E-state index is 12.6. The van der Waals surface area contributed by atoms with Crippen molar-refractivity contribution in [2.45, 2.75) is 13.8 Å². The number of nitrogens with zero attached hydrogens (tertiary/aromatic N) is 5. The smallest absolute Gasteiger partial charge is 0.253 e. The lowest BCUT2D eigenvalue weighted by atomic mass is 10.1. The molecule has 0 saturated carbocycles. The van der Waals surface area contributed by atoms with Crippen LogP contribution in [-0.4, -0.2) is 52.1 Å². The minimum atomic E-state index is 0.0884. The number of hydrogen-bond donors (Lipinski definition) is 0. The van der Waals surface area contributed by atoms with Crippen LogP contribution >= 0.6 is 0 Å². The molecule has 7 heteroatoms. The summed E-state index contributed by atoms with van der Waals surface area (Å²) in [5.41, 5.74) is 2.72. The zero-order chi connectivity index (χ0) is 18.8. The van der Waals surface area contributed by atoms with E-state index in [0.29, 0.717) is 24.8 Å². The summed E-state index contributed by atoms with van der Waals surface area (Å²) in [4.78, 5) is 25.4. The highest BCUT2D eigenvalue weighted by Gasteiger charge is 2.23. The molecule has 1 fully saturated rings. The van der Waals surface area contributed by atoms with Crippen molar-refractivity contribution in [2.75, 3.05) is 31.1 Å². The summed E-state index contributed by atoms with van der Waals surface area (Å²) in [5.74, 6) is 2.05. The average molecular weight is 363 g/mol. The fraction of sp³-hybridized carbons (Fsp3) is 0.300. The summed E-state index contributed by atoms with van der Waals surface area (Å²) in [6.45, 7) is 6.65. The fourth-order valence-corrected chi connectivity index (χ4v) is 3.14. The lowest BCUT2D eigenvalue weighted by Gasteiger charge is -2.35. The Kier molecular flexibility index (Phi) is 4.58. The SMILES string of the molecule is Cc1ccc(C(=O)N2CCN(c3ccc(-c4noc(C)n4)cn3)CC2)cc1. The molecule has 27 heavy (non-hydrogen) atoms. The molecule has 0 unspecified atom stereocenters. The van der Waals surface area contributed by atoms with Gasteiger partial charge in [-0.3, -0.25) is 4.79 Å². The van der Waals surface area contributed by atoms with Crippen LogP contribution < -0.4 is 4.90 Å². The first-order valence-electron chi connectivity index (χ1n) is 8.98. The molecular formula is C20H21N5O2. The maximum Gasteiger partial charge on any atom is 0.253 e. The predicted molar refractivity (Wildman–Crippen MR) is 102 cm³/mol. The van der Waals surface area contributed by atoms with E-state index in [4.69, 9.17) is 4.52 Å². The highest BCUT2D eigenvalue weighted by atomic mass is 16.5. The van der Waals surface area contributed by atoms with Gasteiger partial charge in [0.15, 0.2) is 0 Å². The molecule has 7 nitrogen and oxygen atoms in total. The van der Waals surface area contributed by atoms with E-state index in [9.17, 15) is 4.79 Å². The van der Waals surface area contributed by atoms with Gasteiger partial charge in [0.1, 0.15) is 5.82 Å². The van der Waals surface area contributed by atoms with Crippen LogP contribution in [-0.2, 0) is 0 Å².